The Balaban J connectivity index is 1.81. The summed E-state index contributed by atoms with van der Waals surface area (Å²) in [6.45, 7) is 0.878. The quantitative estimate of drug-likeness (QED) is 0.800. The molecule has 1 atom stereocenters. The second-order valence-corrected chi connectivity index (χ2v) is 6.09. The molecule has 2 aromatic rings. The van der Waals surface area contributed by atoms with Crippen LogP contribution in [0.1, 0.15) is 12.0 Å². The molecule has 21 heavy (non-hydrogen) atoms. The molecule has 0 saturated carbocycles. The molecule has 5 heteroatoms. The third-order valence-electron chi connectivity index (χ3n) is 2.98. The Morgan fingerprint density at radius 3 is 2.71 bits per heavy atom. The fourth-order valence-electron chi connectivity index (χ4n) is 1.91. The van der Waals surface area contributed by atoms with Gasteiger partial charge in [0.15, 0.2) is 0 Å². The lowest BCUT2D eigenvalue weighted by molar-refractivity contribution is 0.315. The normalized spacial score (nSPS) is 12.1. The van der Waals surface area contributed by atoms with Gasteiger partial charge in [0.05, 0.1) is 17.4 Å². The zero-order valence-electron chi connectivity index (χ0n) is 11.6. The van der Waals surface area contributed by atoms with Crippen molar-refractivity contribution in [1.29, 1.82) is 0 Å². The highest BCUT2D eigenvalue weighted by atomic mass is 32.2. The van der Waals surface area contributed by atoms with Crippen molar-refractivity contribution in [2.75, 3.05) is 12.4 Å². The van der Waals surface area contributed by atoms with Gasteiger partial charge in [-0.25, -0.2) is 4.39 Å². The van der Waals surface area contributed by atoms with Crippen molar-refractivity contribution in [3.8, 4) is 5.75 Å². The number of ether oxygens (including phenoxy) is 1. The summed E-state index contributed by atoms with van der Waals surface area (Å²) in [5.41, 5.74) is 6.58. The molecular formula is C16H18FNO2S. The van der Waals surface area contributed by atoms with E-state index >= 15 is 0 Å². The topological polar surface area (TPSA) is 52.3 Å². The van der Waals surface area contributed by atoms with Crippen LogP contribution in [0.5, 0.6) is 5.75 Å². The first kappa shape index (κ1) is 15.7. The fourth-order valence-corrected chi connectivity index (χ4v) is 3.00. The SMILES string of the molecule is NCc1ccccc1OCCCS(=O)c1cccc(F)c1. The number of nitrogens with two attached hydrogens (primary N) is 1. The van der Waals surface area contributed by atoms with Crippen molar-refractivity contribution in [2.45, 2.75) is 17.9 Å². The van der Waals surface area contributed by atoms with Crippen LogP contribution < -0.4 is 10.5 Å². The zero-order valence-corrected chi connectivity index (χ0v) is 12.4. The average molecular weight is 307 g/mol. The van der Waals surface area contributed by atoms with Crippen LogP contribution >= 0.6 is 0 Å². The van der Waals surface area contributed by atoms with E-state index in [1.54, 1.807) is 12.1 Å². The molecule has 0 aliphatic carbocycles. The molecule has 2 N–H and O–H groups in total. The lowest BCUT2D eigenvalue weighted by Gasteiger charge is -2.10. The molecule has 0 saturated heterocycles. The number of rotatable bonds is 7. The minimum atomic E-state index is -1.20. The lowest BCUT2D eigenvalue weighted by Crippen LogP contribution is -2.07. The largest absolute Gasteiger partial charge is 0.493 e. The Labute approximate surface area is 126 Å². The number of benzene rings is 2. The van der Waals surface area contributed by atoms with Crippen LogP contribution in [0.15, 0.2) is 53.4 Å². The molecule has 112 valence electrons. The van der Waals surface area contributed by atoms with E-state index in [9.17, 15) is 8.60 Å². The van der Waals surface area contributed by atoms with E-state index in [1.807, 2.05) is 24.3 Å². The third kappa shape index (κ3) is 4.65. The Morgan fingerprint density at radius 2 is 1.95 bits per heavy atom. The van der Waals surface area contributed by atoms with Crippen molar-refractivity contribution in [3.63, 3.8) is 0 Å². The van der Waals surface area contributed by atoms with Gasteiger partial charge in [-0.15, -0.1) is 0 Å². The van der Waals surface area contributed by atoms with Crippen LogP contribution in [0, 0.1) is 5.82 Å². The molecule has 2 aromatic carbocycles. The summed E-state index contributed by atoms with van der Waals surface area (Å²) in [6.07, 6.45) is 0.627. The van der Waals surface area contributed by atoms with Crippen LogP contribution in [0.2, 0.25) is 0 Å². The van der Waals surface area contributed by atoms with Crippen molar-refractivity contribution < 1.29 is 13.3 Å². The standard InChI is InChI=1S/C16H18FNO2S/c17-14-6-3-7-15(11-14)21(19)10-4-9-20-16-8-2-1-5-13(16)12-18/h1-3,5-8,11H,4,9-10,12,18H2. The lowest BCUT2D eigenvalue weighted by atomic mass is 10.2. The van der Waals surface area contributed by atoms with Gasteiger partial charge in [0, 0.05) is 22.8 Å². The van der Waals surface area contributed by atoms with Gasteiger partial charge in [-0.05, 0) is 30.7 Å². The molecule has 0 heterocycles. The van der Waals surface area contributed by atoms with Crippen LogP contribution in [0.4, 0.5) is 4.39 Å². The van der Waals surface area contributed by atoms with Gasteiger partial charge in [0.25, 0.3) is 0 Å². The van der Waals surface area contributed by atoms with Gasteiger partial charge in [0.2, 0.25) is 0 Å². The summed E-state index contributed by atoms with van der Waals surface area (Å²) in [4.78, 5) is 0.511. The molecule has 0 aromatic heterocycles. The summed E-state index contributed by atoms with van der Waals surface area (Å²) < 4.78 is 30.7. The monoisotopic (exact) mass is 307 g/mol. The molecule has 3 nitrogen and oxygen atoms in total. The summed E-state index contributed by atoms with van der Waals surface area (Å²) in [5.74, 6) is 0.833. The van der Waals surface area contributed by atoms with E-state index in [0.29, 0.717) is 30.2 Å². The van der Waals surface area contributed by atoms with Crippen molar-refractivity contribution in [2.24, 2.45) is 5.73 Å². The zero-order chi connectivity index (χ0) is 15.1. The van der Waals surface area contributed by atoms with Gasteiger partial charge in [-0.3, -0.25) is 4.21 Å². The molecule has 0 bridgehead atoms. The van der Waals surface area contributed by atoms with E-state index in [4.69, 9.17) is 10.5 Å². The van der Waals surface area contributed by atoms with E-state index in [0.717, 1.165) is 11.3 Å². The number of halogens is 1. The number of hydrogen-bond donors (Lipinski definition) is 1. The Hall–Kier alpha value is -1.72. The number of para-hydroxylation sites is 1. The summed E-state index contributed by atoms with van der Waals surface area (Å²) >= 11 is 0. The van der Waals surface area contributed by atoms with Crippen LogP contribution in [0.3, 0.4) is 0 Å². The predicted molar refractivity (Wildman–Crippen MR) is 82.1 cm³/mol. The van der Waals surface area contributed by atoms with Gasteiger partial charge < -0.3 is 10.5 Å². The maximum Gasteiger partial charge on any atom is 0.124 e. The highest BCUT2D eigenvalue weighted by molar-refractivity contribution is 7.85. The molecule has 0 aliphatic heterocycles. The molecule has 1 unspecified atom stereocenters. The maximum absolute atomic E-state index is 13.0. The van der Waals surface area contributed by atoms with E-state index in [1.165, 1.54) is 12.1 Å². The van der Waals surface area contributed by atoms with E-state index in [2.05, 4.69) is 0 Å². The van der Waals surface area contributed by atoms with E-state index < -0.39 is 10.8 Å². The molecule has 0 amide bonds. The first-order valence-corrected chi connectivity index (χ1v) is 8.07. The van der Waals surface area contributed by atoms with Crippen LogP contribution in [-0.2, 0) is 17.3 Å². The maximum atomic E-state index is 13.0. The molecule has 0 aliphatic rings. The van der Waals surface area contributed by atoms with Crippen LogP contribution in [0.25, 0.3) is 0 Å². The van der Waals surface area contributed by atoms with E-state index in [-0.39, 0.29) is 5.82 Å². The highest BCUT2D eigenvalue weighted by Crippen LogP contribution is 2.17. The summed E-state index contributed by atoms with van der Waals surface area (Å²) in [5, 5.41) is 0. The second-order valence-electron chi connectivity index (χ2n) is 4.52. The van der Waals surface area contributed by atoms with Crippen molar-refractivity contribution >= 4 is 10.8 Å². The minimum Gasteiger partial charge on any atom is -0.493 e. The van der Waals surface area contributed by atoms with Gasteiger partial charge in [-0.1, -0.05) is 24.3 Å². The average Bonchev–Trinajstić information content (AvgIpc) is 2.51. The molecular weight excluding hydrogens is 289 g/mol. The van der Waals surface area contributed by atoms with Gasteiger partial charge in [-0.2, -0.15) is 0 Å². The molecule has 2 rings (SSSR count). The smallest absolute Gasteiger partial charge is 0.124 e. The molecule has 0 fully saturated rings. The molecule has 0 spiro atoms. The minimum absolute atomic E-state index is 0.367. The summed E-state index contributed by atoms with van der Waals surface area (Å²) in [7, 11) is -1.20. The van der Waals surface area contributed by atoms with Crippen LogP contribution in [-0.4, -0.2) is 16.6 Å². The predicted octanol–water partition coefficient (Wildman–Crippen LogP) is 2.86. The van der Waals surface area contributed by atoms with Gasteiger partial charge in [0.1, 0.15) is 11.6 Å². The molecule has 0 radical (unpaired) electrons. The fraction of sp³-hybridized carbons (Fsp3) is 0.250. The third-order valence-corrected chi connectivity index (χ3v) is 4.42. The Kier molecular flexibility index (Phi) is 5.90. The summed E-state index contributed by atoms with van der Waals surface area (Å²) in [6, 6.07) is 13.5. The first-order chi connectivity index (χ1) is 10.2. The van der Waals surface area contributed by atoms with Gasteiger partial charge >= 0.3 is 0 Å². The Bertz CT molecular complexity index is 619. The number of hydrogen-bond acceptors (Lipinski definition) is 3. The Morgan fingerprint density at radius 1 is 1.14 bits per heavy atom. The first-order valence-electron chi connectivity index (χ1n) is 6.75. The van der Waals surface area contributed by atoms with Crippen molar-refractivity contribution in [1.82, 2.24) is 0 Å². The highest BCUT2D eigenvalue weighted by Gasteiger charge is 2.06. The van der Waals surface area contributed by atoms with Crippen molar-refractivity contribution in [3.05, 3.63) is 59.9 Å². The second kappa shape index (κ2) is 7.90.